The lowest BCUT2D eigenvalue weighted by Gasteiger charge is -2.31. The molecule has 0 aliphatic carbocycles. The van der Waals surface area contributed by atoms with Gasteiger partial charge in [0, 0.05) is 5.92 Å². The highest BCUT2D eigenvalue weighted by molar-refractivity contribution is 5.81. The second kappa shape index (κ2) is 11.3. The number of ether oxygens (including phenoxy) is 4. The van der Waals surface area contributed by atoms with Crippen molar-refractivity contribution in [2.24, 2.45) is 11.8 Å². The van der Waals surface area contributed by atoms with E-state index in [1.165, 1.54) is 0 Å². The van der Waals surface area contributed by atoms with E-state index in [4.69, 9.17) is 18.9 Å². The Morgan fingerprint density at radius 1 is 1.16 bits per heavy atom. The molecule has 0 bridgehead atoms. The van der Waals surface area contributed by atoms with Gasteiger partial charge in [0.2, 0.25) is 0 Å². The minimum Gasteiger partial charge on any atom is -0.458 e. The molecular weight excluding hydrogens is 414 g/mol. The van der Waals surface area contributed by atoms with E-state index in [-0.39, 0.29) is 31.0 Å². The van der Waals surface area contributed by atoms with Gasteiger partial charge < -0.3 is 24.3 Å². The van der Waals surface area contributed by atoms with Crippen molar-refractivity contribution < 1.29 is 33.3 Å². The summed E-state index contributed by atoms with van der Waals surface area (Å²) in [5, 5.41) is 2.51. The molecule has 2 rings (SSSR count). The maximum atomic E-state index is 12.7. The highest BCUT2D eigenvalue weighted by atomic mass is 16.6. The second-order valence-corrected chi connectivity index (χ2v) is 9.38. The number of rotatable bonds is 5. The first-order valence-electron chi connectivity index (χ1n) is 11.0. The van der Waals surface area contributed by atoms with E-state index >= 15 is 0 Å². The van der Waals surface area contributed by atoms with Crippen LogP contribution in [0.4, 0.5) is 4.79 Å². The molecule has 1 heterocycles. The molecule has 0 radical (unpaired) electrons. The van der Waals surface area contributed by atoms with Gasteiger partial charge >= 0.3 is 18.0 Å². The Labute approximate surface area is 189 Å². The van der Waals surface area contributed by atoms with E-state index in [9.17, 15) is 14.4 Å². The molecule has 1 N–H and O–H groups in total. The van der Waals surface area contributed by atoms with Gasteiger partial charge in [-0.1, -0.05) is 44.2 Å². The standard InChI is InChI=1S/C24H35NO7/c1-15(2)21(26)31-20-16(3)30-22(27)19(25-23(28)32-24(4,5)6)14-29-13-18(20)12-17-10-8-7-9-11-17/h7-11,15-16,18-20H,12-14H2,1-6H3,(H,25,28)/t16-,18?,19-,20?/m0/s1. The van der Waals surface area contributed by atoms with Gasteiger partial charge in [-0.05, 0) is 39.7 Å². The summed E-state index contributed by atoms with van der Waals surface area (Å²) in [7, 11) is 0. The van der Waals surface area contributed by atoms with Gasteiger partial charge in [0.05, 0.1) is 19.1 Å². The highest BCUT2D eigenvalue weighted by Gasteiger charge is 2.38. The van der Waals surface area contributed by atoms with Crippen LogP contribution in [0.5, 0.6) is 0 Å². The number of alkyl carbamates (subject to hydrolysis) is 1. The average molecular weight is 450 g/mol. The van der Waals surface area contributed by atoms with Gasteiger partial charge in [0.1, 0.15) is 17.8 Å². The quantitative estimate of drug-likeness (QED) is 0.544. The fourth-order valence-corrected chi connectivity index (χ4v) is 3.32. The van der Waals surface area contributed by atoms with E-state index in [1.54, 1.807) is 41.5 Å². The van der Waals surface area contributed by atoms with Crippen molar-refractivity contribution in [3.05, 3.63) is 35.9 Å². The number of amides is 1. The molecule has 0 spiro atoms. The molecule has 1 amide bonds. The molecule has 0 aromatic heterocycles. The molecule has 4 atom stereocenters. The normalized spacial score (nSPS) is 24.5. The fraction of sp³-hybridized carbons (Fsp3) is 0.625. The third-order valence-electron chi connectivity index (χ3n) is 4.89. The first-order valence-corrected chi connectivity index (χ1v) is 11.0. The molecule has 1 saturated heterocycles. The number of hydrogen-bond acceptors (Lipinski definition) is 7. The van der Waals surface area contributed by atoms with Crippen molar-refractivity contribution in [3.8, 4) is 0 Å². The minimum atomic E-state index is -1.04. The minimum absolute atomic E-state index is 0.0824. The highest BCUT2D eigenvalue weighted by Crippen LogP contribution is 2.23. The zero-order valence-electron chi connectivity index (χ0n) is 19.8. The molecule has 0 saturated carbocycles. The van der Waals surface area contributed by atoms with Gasteiger partial charge in [0.15, 0.2) is 6.04 Å². The van der Waals surface area contributed by atoms with E-state index in [0.29, 0.717) is 6.42 Å². The van der Waals surface area contributed by atoms with Crippen LogP contribution in [0, 0.1) is 11.8 Å². The van der Waals surface area contributed by atoms with Crippen molar-refractivity contribution in [1.82, 2.24) is 5.32 Å². The monoisotopic (exact) mass is 449 g/mol. The van der Waals surface area contributed by atoms with Crippen LogP contribution in [0.3, 0.4) is 0 Å². The van der Waals surface area contributed by atoms with E-state index in [0.717, 1.165) is 5.56 Å². The van der Waals surface area contributed by atoms with Crippen LogP contribution in [0.15, 0.2) is 30.3 Å². The fourth-order valence-electron chi connectivity index (χ4n) is 3.32. The third-order valence-corrected chi connectivity index (χ3v) is 4.89. The Hall–Kier alpha value is -2.61. The lowest BCUT2D eigenvalue weighted by molar-refractivity contribution is -0.173. The number of esters is 2. The predicted molar refractivity (Wildman–Crippen MR) is 118 cm³/mol. The van der Waals surface area contributed by atoms with E-state index in [1.807, 2.05) is 30.3 Å². The van der Waals surface area contributed by atoms with Crippen LogP contribution in [0.2, 0.25) is 0 Å². The number of cyclic esters (lactones) is 1. The molecule has 1 aromatic carbocycles. The summed E-state index contributed by atoms with van der Waals surface area (Å²) < 4.78 is 22.4. The third kappa shape index (κ3) is 8.15. The first-order chi connectivity index (χ1) is 15.0. The summed E-state index contributed by atoms with van der Waals surface area (Å²) in [5.74, 6) is -1.62. The second-order valence-electron chi connectivity index (χ2n) is 9.38. The van der Waals surface area contributed by atoms with E-state index < -0.39 is 35.9 Å². The number of nitrogens with one attached hydrogen (secondary N) is 1. The summed E-state index contributed by atoms with van der Waals surface area (Å²) in [4.78, 5) is 37.3. The SMILES string of the molecule is CC(C)C(=O)OC1C(Cc2ccccc2)COC[C@H](NC(=O)OC(C)(C)C)C(=O)O[C@H]1C. The van der Waals surface area contributed by atoms with Crippen molar-refractivity contribution in [3.63, 3.8) is 0 Å². The van der Waals surface area contributed by atoms with Crippen LogP contribution >= 0.6 is 0 Å². The Bertz CT molecular complexity index is 772. The molecule has 8 heteroatoms. The molecule has 8 nitrogen and oxygen atoms in total. The lowest BCUT2D eigenvalue weighted by atomic mass is 9.91. The van der Waals surface area contributed by atoms with Gasteiger partial charge in [-0.25, -0.2) is 9.59 Å². The zero-order chi connectivity index (χ0) is 23.9. The van der Waals surface area contributed by atoms with Crippen LogP contribution in [-0.4, -0.2) is 55.1 Å². The van der Waals surface area contributed by atoms with Crippen molar-refractivity contribution in [2.45, 2.75) is 71.8 Å². The molecule has 178 valence electrons. The van der Waals surface area contributed by atoms with Crippen molar-refractivity contribution >= 4 is 18.0 Å². The maximum Gasteiger partial charge on any atom is 0.408 e. The van der Waals surface area contributed by atoms with Crippen LogP contribution < -0.4 is 5.32 Å². The maximum absolute atomic E-state index is 12.7. The lowest BCUT2D eigenvalue weighted by Crippen LogP contribution is -2.48. The van der Waals surface area contributed by atoms with Gasteiger partial charge in [-0.15, -0.1) is 0 Å². The molecule has 32 heavy (non-hydrogen) atoms. The van der Waals surface area contributed by atoms with Crippen molar-refractivity contribution in [2.75, 3.05) is 13.2 Å². The molecule has 1 aromatic rings. The molecule has 2 unspecified atom stereocenters. The van der Waals surface area contributed by atoms with Crippen LogP contribution in [0.1, 0.15) is 47.1 Å². The van der Waals surface area contributed by atoms with Crippen molar-refractivity contribution in [1.29, 1.82) is 0 Å². The molecule has 1 fully saturated rings. The van der Waals surface area contributed by atoms with Gasteiger partial charge in [-0.3, -0.25) is 4.79 Å². The smallest absolute Gasteiger partial charge is 0.408 e. The molecule has 1 aliphatic heterocycles. The topological polar surface area (TPSA) is 100 Å². The largest absolute Gasteiger partial charge is 0.458 e. The summed E-state index contributed by atoms with van der Waals surface area (Å²) in [6.45, 7) is 10.5. The summed E-state index contributed by atoms with van der Waals surface area (Å²) in [6.07, 6.45) is -1.60. The molecular formula is C24H35NO7. The number of carbonyl (C=O) groups is 3. The van der Waals surface area contributed by atoms with Crippen LogP contribution in [0.25, 0.3) is 0 Å². The predicted octanol–water partition coefficient (Wildman–Crippen LogP) is 3.27. The Kier molecular flexibility index (Phi) is 9.07. The van der Waals surface area contributed by atoms with Crippen LogP contribution in [-0.2, 0) is 35.0 Å². The summed E-state index contributed by atoms with van der Waals surface area (Å²) in [5.41, 5.74) is 0.338. The first kappa shape index (κ1) is 25.6. The number of hydrogen-bond donors (Lipinski definition) is 1. The Morgan fingerprint density at radius 3 is 2.41 bits per heavy atom. The Morgan fingerprint density at radius 2 is 1.81 bits per heavy atom. The summed E-state index contributed by atoms with van der Waals surface area (Å²) >= 11 is 0. The van der Waals surface area contributed by atoms with Gasteiger partial charge in [0.25, 0.3) is 0 Å². The Balaban J connectivity index is 2.21. The van der Waals surface area contributed by atoms with Gasteiger partial charge in [-0.2, -0.15) is 0 Å². The number of carbonyl (C=O) groups excluding carboxylic acids is 3. The molecule has 1 aliphatic rings. The van der Waals surface area contributed by atoms with E-state index in [2.05, 4.69) is 5.32 Å². The zero-order valence-corrected chi connectivity index (χ0v) is 19.8. The average Bonchev–Trinajstić information content (AvgIpc) is 2.73. The number of benzene rings is 1. The summed E-state index contributed by atoms with van der Waals surface area (Å²) in [6, 6.07) is 8.73.